The second-order valence-electron chi connectivity index (χ2n) is 3.82. The van der Waals surface area contributed by atoms with Gasteiger partial charge in [-0.05, 0) is 12.8 Å². The predicted octanol–water partition coefficient (Wildman–Crippen LogP) is 2.19. The second-order valence-corrected chi connectivity index (χ2v) is 4.62. The summed E-state index contributed by atoms with van der Waals surface area (Å²) in [5, 5.41) is 0.969. The Balaban J connectivity index is 2.10. The fourth-order valence-electron chi connectivity index (χ4n) is 1.54. The van der Waals surface area contributed by atoms with E-state index in [0.717, 1.165) is 24.6 Å². The Kier molecular flexibility index (Phi) is 6.45. The van der Waals surface area contributed by atoms with Crippen LogP contribution in [0.1, 0.15) is 38.5 Å². The maximum atomic E-state index is 11.4. The third-order valence-electron chi connectivity index (χ3n) is 2.41. The number of hydrogen-bond donors (Lipinski definition) is 0. The highest BCUT2D eigenvalue weighted by molar-refractivity contribution is 9.09. The fourth-order valence-corrected chi connectivity index (χ4v) is 1.93. The van der Waals surface area contributed by atoms with Crippen molar-refractivity contribution in [1.82, 2.24) is 0 Å². The van der Waals surface area contributed by atoms with Crippen LogP contribution in [0.15, 0.2) is 0 Å². The first-order chi connectivity index (χ1) is 7.72. The number of esters is 2. The monoisotopic (exact) mass is 292 g/mol. The Bertz CT molecular complexity index is 242. The summed E-state index contributed by atoms with van der Waals surface area (Å²) in [6.45, 7) is 0.361. The molecule has 1 aliphatic heterocycles. The number of alkyl halides is 1. The van der Waals surface area contributed by atoms with E-state index in [4.69, 9.17) is 9.47 Å². The van der Waals surface area contributed by atoms with E-state index in [0.29, 0.717) is 19.4 Å². The molecule has 0 aliphatic carbocycles. The number of halogens is 1. The van der Waals surface area contributed by atoms with Crippen LogP contribution < -0.4 is 0 Å². The predicted molar refractivity (Wildman–Crippen MR) is 62.3 cm³/mol. The number of unbranched alkanes of at least 4 members (excludes halogenated alkanes) is 2. The van der Waals surface area contributed by atoms with E-state index >= 15 is 0 Å². The largest absolute Gasteiger partial charge is 0.465 e. The molecule has 5 heteroatoms. The van der Waals surface area contributed by atoms with Gasteiger partial charge in [0.25, 0.3) is 0 Å². The minimum atomic E-state index is -0.275. The molecule has 0 aromatic rings. The van der Waals surface area contributed by atoms with Gasteiger partial charge in [-0.2, -0.15) is 0 Å². The SMILES string of the molecule is O=C1CC(OC(=O)CCCCCBr)CCO1. The third-order valence-corrected chi connectivity index (χ3v) is 2.97. The quantitative estimate of drug-likeness (QED) is 0.428. The third kappa shape index (κ3) is 5.49. The molecule has 1 saturated heterocycles. The van der Waals surface area contributed by atoms with Crippen LogP contribution >= 0.6 is 15.9 Å². The molecule has 1 rings (SSSR count). The maximum absolute atomic E-state index is 11.4. The molecule has 1 heterocycles. The highest BCUT2D eigenvalue weighted by Crippen LogP contribution is 2.13. The van der Waals surface area contributed by atoms with E-state index in [1.165, 1.54) is 0 Å². The van der Waals surface area contributed by atoms with Gasteiger partial charge in [-0.3, -0.25) is 9.59 Å². The molecule has 0 N–H and O–H groups in total. The van der Waals surface area contributed by atoms with Crippen LogP contribution in [-0.4, -0.2) is 30.0 Å². The van der Waals surface area contributed by atoms with Crippen LogP contribution in [0.3, 0.4) is 0 Å². The molecule has 0 radical (unpaired) electrons. The van der Waals surface area contributed by atoms with Crippen molar-refractivity contribution in [1.29, 1.82) is 0 Å². The summed E-state index contributed by atoms with van der Waals surface area (Å²) in [5.41, 5.74) is 0. The smallest absolute Gasteiger partial charge is 0.309 e. The van der Waals surface area contributed by atoms with Crippen LogP contribution in [0.5, 0.6) is 0 Å². The van der Waals surface area contributed by atoms with Gasteiger partial charge in [-0.15, -0.1) is 0 Å². The molecule has 1 unspecified atom stereocenters. The standard InChI is InChI=1S/C11H17BrO4/c12-6-3-1-2-4-10(13)16-9-5-7-15-11(14)8-9/h9H,1-8H2. The van der Waals surface area contributed by atoms with Crippen LogP contribution in [-0.2, 0) is 19.1 Å². The Hall–Kier alpha value is -0.580. The zero-order valence-electron chi connectivity index (χ0n) is 9.25. The highest BCUT2D eigenvalue weighted by atomic mass is 79.9. The number of cyclic esters (lactones) is 1. The van der Waals surface area contributed by atoms with E-state index in [2.05, 4.69) is 15.9 Å². The van der Waals surface area contributed by atoms with Crippen LogP contribution in [0.25, 0.3) is 0 Å². The van der Waals surface area contributed by atoms with Gasteiger partial charge in [-0.25, -0.2) is 0 Å². The van der Waals surface area contributed by atoms with E-state index in [9.17, 15) is 9.59 Å². The number of ether oxygens (including phenoxy) is 2. The second kappa shape index (κ2) is 7.65. The minimum Gasteiger partial charge on any atom is -0.465 e. The Morgan fingerprint density at radius 2 is 2.25 bits per heavy atom. The van der Waals surface area contributed by atoms with Gasteiger partial charge in [-0.1, -0.05) is 22.4 Å². The molecule has 0 bridgehead atoms. The van der Waals surface area contributed by atoms with E-state index in [-0.39, 0.29) is 24.5 Å². The summed E-state index contributed by atoms with van der Waals surface area (Å²) >= 11 is 3.34. The van der Waals surface area contributed by atoms with Crippen molar-refractivity contribution in [2.75, 3.05) is 11.9 Å². The lowest BCUT2D eigenvalue weighted by atomic mass is 10.1. The molecule has 0 spiro atoms. The molecule has 1 aliphatic rings. The molecule has 16 heavy (non-hydrogen) atoms. The topological polar surface area (TPSA) is 52.6 Å². The summed E-state index contributed by atoms with van der Waals surface area (Å²) < 4.78 is 9.96. The van der Waals surface area contributed by atoms with Crippen molar-refractivity contribution in [3.8, 4) is 0 Å². The van der Waals surface area contributed by atoms with Crippen LogP contribution in [0, 0.1) is 0 Å². The first-order valence-electron chi connectivity index (χ1n) is 5.63. The average molecular weight is 293 g/mol. The van der Waals surface area contributed by atoms with Gasteiger partial charge in [0.15, 0.2) is 0 Å². The number of carbonyl (C=O) groups excluding carboxylic acids is 2. The molecule has 0 saturated carbocycles. The summed E-state index contributed by atoms with van der Waals surface area (Å²) in [6, 6.07) is 0. The number of hydrogen-bond acceptors (Lipinski definition) is 4. The highest BCUT2D eigenvalue weighted by Gasteiger charge is 2.23. The zero-order chi connectivity index (χ0) is 11.8. The molecule has 1 fully saturated rings. The van der Waals surface area contributed by atoms with Gasteiger partial charge in [0.1, 0.15) is 6.10 Å². The van der Waals surface area contributed by atoms with E-state index in [1.807, 2.05) is 0 Å². The van der Waals surface area contributed by atoms with Gasteiger partial charge < -0.3 is 9.47 Å². The van der Waals surface area contributed by atoms with Crippen LogP contribution in [0.4, 0.5) is 0 Å². The lowest BCUT2D eigenvalue weighted by Gasteiger charge is -2.21. The van der Waals surface area contributed by atoms with Crippen molar-refractivity contribution in [3.05, 3.63) is 0 Å². The van der Waals surface area contributed by atoms with Crippen molar-refractivity contribution < 1.29 is 19.1 Å². The lowest BCUT2D eigenvalue weighted by Crippen LogP contribution is -2.29. The van der Waals surface area contributed by atoms with E-state index < -0.39 is 0 Å². The molecule has 4 nitrogen and oxygen atoms in total. The Morgan fingerprint density at radius 1 is 1.44 bits per heavy atom. The molecule has 0 amide bonds. The lowest BCUT2D eigenvalue weighted by molar-refractivity contribution is -0.162. The van der Waals surface area contributed by atoms with Crippen molar-refractivity contribution in [2.24, 2.45) is 0 Å². The summed E-state index contributed by atoms with van der Waals surface area (Å²) in [7, 11) is 0. The first kappa shape index (κ1) is 13.5. The Labute approximate surface area is 104 Å². The first-order valence-corrected chi connectivity index (χ1v) is 6.75. The van der Waals surface area contributed by atoms with Crippen molar-refractivity contribution >= 4 is 27.9 Å². The summed E-state index contributed by atoms with van der Waals surface area (Å²) in [6.07, 6.45) is 3.94. The van der Waals surface area contributed by atoms with Gasteiger partial charge in [0.2, 0.25) is 0 Å². The molecule has 1 atom stereocenters. The fraction of sp³-hybridized carbons (Fsp3) is 0.818. The molecule has 92 valence electrons. The average Bonchev–Trinajstić information content (AvgIpc) is 2.24. The number of carbonyl (C=O) groups is 2. The molecular weight excluding hydrogens is 276 g/mol. The maximum Gasteiger partial charge on any atom is 0.309 e. The normalized spacial score (nSPS) is 20.3. The Morgan fingerprint density at radius 3 is 2.94 bits per heavy atom. The minimum absolute atomic E-state index is 0.200. The summed E-state index contributed by atoms with van der Waals surface area (Å²) in [5.74, 6) is -0.474. The molecule has 0 aromatic carbocycles. The molecular formula is C11H17BrO4. The van der Waals surface area contributed by atoms with Crippen LogP contribution in [0.2, 0.25) is 0 Å². The van der Waals surface area contributed by atoms with Gasteiger partial charge in [0, 0.05) is 18.2 Å². The number of rotatable bonds is 6. The van der Waals surface area contributed by atoms with Crippen molar-refractivity contribution in [3.63, 3.8) is 0 Å². The van der Waals surface area contributed by atoms with Gasteiger partial charge >= 0.3 is 11.9 Å². The van der Waals surface area contributed by atoms with Crippen molar-refractivity contribution in [2.45, 2.75) is 44.6 Å². The van der Waals surface area contributed by atoms with E-state index in [1.54, 1.807) is 0 Å². The molecule has 0 aromatic heterocycles. The summed E-state index contributed by atoms with van der Waals surface area (Å²) in [4.78, 5) is 22.3. The van der Waals surface area contributed by atoms with Gasteiger partial charge in [0.05, 0.1) is 13.0 Å². The zero-order valence-corrected chi connectivity index (χ0v) is 10.8.